The van der Waals surface area contributed by atoms with Crippen molar-refractivity contribution in [3.63, 3.8) is 0 Å². The Morgan fingerprint density at radius 2 is 1.74 bits per heavy atom. The molecule has 4 rings (SSSR count). The van der Waals surface area contributed by atoms with E-state index in [1.54, 1.807) is 43.3 Å². The van der Waals surface area contributed by atoms with Gasteiger partial charge in [-0.2, -0.15) is 0 Å². The third-order valence-electron chi connectivity index (χ3n) is 5.16. The quantitative estimate of drug-likeness (QED) is 0.252. The maximum atomic E-state index is 13.2. The Morgan fingerprint density at radius 3 is 2.38 bits per heavy atom. The van der Waals surface area contributed by atoms with Crippen LogP contribution in [0.3, 0.4) is 0 Å². The molecule has 1 N–H and O–H groups in total. The molecule has 1 fully saturated rings. The van der Waals surface area contributed by atoms with Crippen LogP contribution in [0.1, 0.15) is 34.2 Å². The summed E-state index contributed by atoms with van der Waals surface area (Å²) in [6.45, 7) is 5.89. The van der Waals surface area contributed by atoms with Crippen LogP contribution in [0, 0.1) is 13.8 Å². The van der Waals surface area contributed by atoms with Gasteiger partial charge < -0.3 is 9.15 Å². The summed E-state index contributed by atoms with van der Waals surface area (Å²) in [6.07, 6.45) is 1.39. The van der Waals surface area contributed by atoms with Gasteiger partial charge in [0.15, 0.2) is 5.11 Å². The first-order chi connectivity index (χ1) is 16.3. The Kier molecular flexibility index (Phi) is 6.43. The number of anilines is 1. The lowest BCUT2D eigenvalue weighted by atomic mass is 10.1. The van der Waals surface area contributed by atoms with Crippen LogP contribution >= 0.6 is 12.2 Å². The number of amides is 2. The molecule has 7 nitrogen and oxygen atoms in total. The number of nitrogens with one attached hydrogen (secondary N) is 1. The Morgan fingerprint density at radius 1 is 1.06 bits per heavy atom. The van der Waals surface area contributed by atoms with Crippen molar-refractivity contribution in [2.24, 2.45) is 0 Å². The van der Waals surface area contributed by atoms with Gasteiger partial charge in [0.2, 0.25) is 0 Å². The lowest BCUT2D eigenvalue weighted by Gasteiger charge is -2.29. The first-order valence-electron chi connectivity index (χ1n) is 10.6. The van der Waals surface area contributed by atoms with Crippen molar-refractivity contribution >= 4 is 46.9 Å². The number of ether oxygens (including phenoxy) is 1. The zero-order chi connectivity index (χ0) is 24.4. The van der Waals surface area contributed by atoms with Crippen molar-refractivity contribution in [1.82, 2.24) is 5.32 Å². The van der Waals surface area contributed by atoms with Gasteiger partial charge in [-0.15, -0.1) is 0 Å². The summed E-state index contributed by atoms with van der Waals surface area (Å²) in [4.78, 5) is 38.9. The Bertz CT molecular complexity index is 1320. The number of thiocarbonyl (C=S) groups is 1. The van der Waals surface area contributed by atoms with Crippen molar-refractivity contribution in [2.45, 2.75) is 20.8 Å². The van der Waals surface area contributed by atoms with Gasteiger partial charge in [-0.1, -0.05) is 18.2 Å². The normalized spacial score (nSPS) is 15.0. The van der Waals surface area contributed by atoms with Crippen LogP contribution < -0.4 is 10.2 Å². The zero-order valence-electron chi connectivity index (χ0n) is 18.9. The van der Waals surface area contributed by atoms with E-state index in [0.29, 0.717) is 29.4 Å². The van der Waals surface area contributed by atoms with E-state index < -0.39 is 17.8 Å². The predicted octanol–water partition coefficient (Wildman–Crippen LogP) is 4.57. The molecule has 1 aliphatic rings. The zero-order valence-corrected chi connectivity index (χ0v) is 19.7. The molecule has 0 aliphatic carbocycles. The Hall–Kier alpha value is -4.04. The van der Waals surface area contributed by atoms with Gasteiger partial charge in [0.05, 0.1) is 17.9 Å². The molecule has 2 aromatic carbocycles. The lowest BCUT2D eigenvalue weighted by Crippen LogP contribution is -2.54. The van der Waals surface area contributed by atoms with Gasteiger partial charge in [0, 0.05) is 5.56 Å². The second kappa shape index (κ2) is 9.44. The number of carbonyl (C=O) groups excluding carboxylic acids is 3. The number of carbonyl (C=O) groups is 3. The average molecular weight is 475 g/mol. The smallest absolute Gasteiger partial charge is 0.338 e. The monoisotopic (exact) mass is 474 g/mol. The second-order valence-electron chi connectivity index (χ2n) is 7.80. The van der Waals surface area contributed by atoms with E-state index in [9.17, 15) is 14.4 Å². The highest BCUT2D eigenvalue weighted by molar-refractivity contribution is 7.80. The van der Waals surface area contributed by atoms with Crippen LogP contribution in [0.4, 0.5) is 5.69 Å². The molecule has 172 valence electrons. The van der Waals surface area contributed by atoms with E-state index in [1.165, 1.54) is 11.0 Å². The number of hydrogen-bond acceptors (Lipinski definition) is 6. The fourth-order valence-corrected chi connectivity index (χ4v) is 3.97. The van der Waals surface area contributed by atoms with Crippen LogP contribution in [-0.2, 0) is 14.3 Å². The Balaban J connectivity index is 1.61. The number of aryl methyl sites for hydroxylation is 2. The van der Waals surface area contributed by atoms with Crippen LogP contribution in [-0.4, -0.2) is 29.5 Å². The van der Waals surface area contributed by atoms with Crippen molar-refractivity contribution in [2.75, 3.05) is 11.5 Å². The molecule has 0 unspecified atom stereocenters. The molecule has 1 aliphatic heterocycles. The predicted molar refractivity (Wildman–Crippen MR) is 132 cm³/mol. The number of esters is 1. The van der Waals surface area contributed by atoms with Crippen LogP contribution in [0.5, 0.6) is 0 Å². The number of furan rings is 1. The van der Waals surface area contributed by atoms with Crippen molar-refractivity contribution in [3.8, 4) is 11.3 Å². The number of benzene rings is 2. The lowest BCUT2D eigenvalue weighted by molar-refractivity contribution is -0.122. The van der Waals surface area contributed by atoms with Crippen LogP contribution in [0.15, 0.2) is 64.6 Å². The fraction of sp³-hybridized carbons (Fsp3) is 0.154. The first-order valence-corrected chi connectivity index (χ1v) is 11.0. The summed E-state index contributed by atoms with van der Waals surface area (Å²) in [7, 11) is 0. The SMILES string of the molecule is CCOC(=O)c1ccc(-c2ccc(/C=C3\C(=O)NC(=S)N(c4cc(C)cc(C)c4)C3=O)o2)cc1. The molecule has 0 bridgehead atoms. The molecule has 0 atom stereocenters. The molecule has 0 saturated carbocycles. The largest absolute Gasteiger partial charge is 0.462 e. The van der Waals surface area contributed by atoms with Gasteiger partial charge in [-0.25, -0.2) is 4.79 Å². The van der Waals surface area contributed by atoms with E-state index in [2.05, 4.69) is 5.32 Å². The van der Waals surface area contributed by atoms with Crippen molar-refractivity contribution in [1.29, 1.82) is 0 Å². The molecule has 3 aromatic rings. The average Bonchev–Trinajstić information content (AvgIpc) is 3.25. The first kappa shape index (κ1) is 23.1. The second-order valence-corrected chi connectivity index (χ2v) is 8.19. The summed E-state index contributed by atoms with van der Waals surface area (Å²) in [5.74, 6) is -0.668. The third kappa shape index (κ3) is 4.67. The molecular weight excluding hydrogens is 452 g/mol. The Labute approximate surface area is 202 Å². The minimum absolute atomic E-state index is 0.0268. The highest BCUT2D eigenvalue weighted by Crippen LogP contribution is 2.27. The molecule has 8 heteroatoms. The molecule has 1 aromatic heterocycles. The van der Waals surface area contributed by atoms with Crippen molar-refractivity contribution in [3.05, 3.63) is 82.6 Å². The standard InChI is InChI=1S/C26H22N2O5S/c1-4-32-25(31)18-7-5-17(6-8-18)22-10-9-20(33-22)14-21-23(29)27-26(34)28(24(21)30)19-12-15(2)11-16(3)13-19/h5-14H,4H2,1-3H3,(H,27,29,34)/b21-14+. The molecule has 0 radical (unpaired) electrons. The highest BCUT2D eigenvalue weighted by atomic mass is 32.1. The maximum absolute atomic E-state index is 13.2. The summed E-state index contributed by atoms with van der Waals surface area (Å²) in [6, 6.07) is 15.8. The summed E-state index contributed by atoms with van der Waals surface area (Å²) in [5, 5.41) is 2.60. The van der Waals surface area contributed by atoms with Gasteiger partial charge in [-0.05, 0) is 86.6 Å². The molecular formula is C26H22N2O5S. The topological polar surface area (TPSA) is 88.9 Å². The van der Waals surface area contributed by atoms with Gasteiger partial charge in [0.1, 0.15) is 17.1 Å². The number of rotatable bonds is 5. The molecule has 2 heterocycles. The van der Waals surface area contributed by atoms with E-state index in [-0.39, 0.29) is 10.7 Å². The molecule has 1 saturated heterocycles. The highest BCUT2D eigenvalue weighted by Gasteiger charge is 2.35. The third-order valence-corrected chi connectivity index (χ3v) is 5.44. The van der Waals surface area contributed by atoms with Crippen LogP contribution in [0.2, 0.25) is 0 Å². The van der Waals surface area contributed by atoms with E-state index in [4.69, 9.17) is 21.4 Å². The van der Waals surface area contributed by atoms with E-state index in [0.717, 1.165) is 16.7 Å². The van der Waals surface area contributed by atoms with Gasteiger partial charge in [-0.3, -0.25) is 19.8 Å². The van der Waals surface area contributed by atoms with Crippen LogP contribution in [0.25, 0.3) is 17.4 Å². The molecule has 0 spiro atoms. The molecule has 34 heavy (non-hydrogen) atoms. The van der Waals surface area contributed by atoms with E-state index >= 15 is 0 Å². The number of nitrogens with zero attached hydrogens (tertiary/aromatic N) is 1. The summed E-state index contributed by atoms with van der Waals surface area (Å²) < 4.78 is 10.8. The minimum Gasteiger partial charge on any atom is -0.462 e. The maximum Gasteiger partial charge on any atom is 0.338 e. The fourth-order valence-electron chi connectivity index (χ4n) is 3.68. The van der Waals surface area contributed by atoms with E-state index in [1.807, 2.05) is 32.0 Å². The molecule has 2 amide bonds. The number of hydrogen-bond donors (Lipinski definition) is 1. The van der Waals surface area contributed by atoms with Gasteiger partial charge >= 0.3 is 5.97 Å². The minimum atomic E-state index is -0.590. The van der Waals surface area contributed by atoms with Crippen molar-refractivity contribution < 1.29 is 23.5 Å². The summed E-state index contributed by atoms with van der Waals surface area (Å²) >= 11 is 5.27. The van der Waals surface area contributed by atoms with Gasteiger partial charge in [0.25, 0.3) is 11.8 Å². The summed E-state index contributed by atoms with van der Waals surface area (Å²) in [5.41, 5.74) is 3.60.